The molecular formula is C27H23NO. The van der Waals surface area contributed by atoms with Crippen LogP contribution in [0.3, 0.4) is 0 Å². The third-order valence-electron chi connectivity index (χ3n) is 5.35. The van der Waals surface area contributed by atoms with Gasteiger partial charge in [-0.05, 0) is 53.8 Å². The molecule has 0 aliphatic carbocycles. The first-order valence-electron chi connectivity index (χ1n) is 10.1. The summed E-state index contributed by atoms with van der Waals surface area (Å²) in [4.78, 5) is 4.62. The number of nitrogens with zero attached hydrogens (tertiary/aromatic N) is 1. The van der Waals surface area contributed by atoms with Crippen LogP contribution in [-0.4, -0.2) is 4.98 Å². The van der Waals surface area contributed by atoms with E-state index >= 15 is 0 Å². The number of rotatable bonds is 4. The van der Waals surface area contributed by atoms with Crippen molar-refractivity contribution in [2.24, 2.45) is 5.92 Å². The quantitative estimate of drug-likeness (QED) is 0.324. The van der Waals surface area contributed by atoms with Gasteiger partial charge in [0.05, 0.1) is 5.69 Å². The predicted octanol–water partition coefficient (Wildman–Crippen LogP) is 7.51. The number of hydrogen-bond acceptors (Lipinski definition) is 2. The molecule has 2 heteroatoms. The van der Waals surface area contributed by atoms with Crippen molar-refractivity contribution in [1.82, 2.24) is 4.98 Å². The van der Waals surface area contributed by atoms with E-state index in [9.17, 15) is 0 Å². The minimum atomic E-state index is 0.627. The highest BCUT2D eigenvalue weighted by molar-refractivity contribution is 6.10. The van der Waals surface area contributed by atoms with E-state index in [-0.39, 0.29) is 0 Å². The number of benzene rings is 3. The van der Waals surface area contributed by atoms with Crippen LogP contribution in [0.4, 0.5) is 0 Å². The fraction of sp³-hybridized carbons (Fsp3) is 0.148. The van der Waals surface area contributed by atoms with E-state index in [1.807, 2.05) is 12.3 Å². The molecule has 2 heterocycles. The molecule has 0 unspecified atom stereocenters. The standard InChI is InChI=1S/C27H23NO/c1-18(2)15-19-13-14-28-25(16-19)21-11-12-26-24(17-21)23-10-6-9-22(27(23)29-26)20-7-4-3-5-8-20/h3-14,16-18H,15H2,1-2H3. The zero-order valence-corrected chi connectivity index (χ0v) is 16.7. The molecule has 0 spiro atoms. The number of hydrogen-bond donors (Lipinski definition) is 0. The Hall–Kier alpha value is -3.39. The highest BCUT2D eigenvalue weighted by Gasteiger charge is 2.13. The van der Waals surface area contributed by atoms with Crippen LogP contribution in [-0.2, 0) is 6.42 Å². The lowest BCUT2D eigenvalue weighted by atomic mass is 10.00. The molecule has 0 N–H and O–H groups in total. The lowest BCUT2D eigenvalue weighted by Crippen LogP contribution is -1.95. The normalized spacial score (nSPS) is 11.6. The molecule has 2 nitrogen and oxygen atoms in total. The van der Waals surface area contributed by atoms with Crippen LogP contribution in [0.1, 0.15) is 19.4 Å². The Kier molecular flexibility index (Phi) is 4.40. The van der Waals surface area contributed by atoms with Crippen LogP contribution in [0.15, 0.2) is 89.5 Å². The second kappa shape index (κ2) is 7.21. The van der Waals surface area contributed by atoms with Crippen molar-refractivity contribution in [2.45, 2.75) is 20.3 Å². The SMILES string of the molecule is CC(C)Cc1ccnc(-c2ccc3oc4c(-c5ccccc5)cccc4c3c2)c1. The zero-order chi connectivity index (χ0) is 19.8. The van der Waals surface area contributed by atoms with Gasteiger partial charge in [-0.3, -0.25) is 4.98 Å². The molecule has 0 aliphatic rings. The summed E-state index contributed by atoms with van der Waals surface area (Å²) in [5.74, 6) is 0.627. The van der Waals surface area contributed by atoms with Gasteiger partial charge < -0.3 is 4.42 Å². The van der Waals surface area contributed by atoms with Crippen LogP contribution in [0.2, 0.25) is 0 Å². The Labute approximate surface area is 170 Å². The van der Waals surface area contributed by atoms with Crippen molar-refractivity contribution in [1.29, 1.82) is 0 Å². The number of pyridine rings is 1. The summed E-state index contributed by atoms with van der Waals surface area (Å²) in [7, 11) is 0. The molecule has 5 aromatic rings. The summed E-state index contributed by atoms with van der Waals surface area (Å²) in [5.41, 5.74) is 7.60. The van der Waals surface area contributed by atoms with E-state index in [2.05, 4.69) is 91.6 Å². The van der Waals surface area contributed by atoms with Gasteiger partial charge in [0.1, 0.15) is 11.2 Å². The van der Waals surface area contributed by atoms with E-state index in [1.165, 1.54) is 11.1 Å². The number of furan rings is 1. The molecule has 0 saturated carbocycles. The summed E-state index contributed by atoms with van der Waals surface area (Å²) in [6.45, 7) is 4.49. The molecule has 5 rings (SSSR count). The molecule has 3 aromatic carbocycles. The van der Waals surface area contributed by atoms with Gasteiger partial charge in [0, 0.05) is 28.1 Å². The van der Waals surface area contributed by atoms with Gasteiger partial charge in [0.2, 0.25) is 0 Å². The summed E-state index contributed by atoms with van der Waals surface area (Å²) >= 11 is 0. The molecule has 142 valence electrons. The fourth-order valence-corrected chi connectivity index (χ4v) is 4.03. The van der Waals surface area contributed by atoms with Gasteiger partial charge in [0.25, 0.3) is 0 Å². The number of fused-ring (bicyclic) bond motifs is 3. The minimum absolute atomic E-state index is 0.627. The van der Waals surface area contributed by atoms with Gasteiger partial charge in [-0.25, -0.2) is 0 Å². The smallest absolute Gasteiger partial charge is 0.143 e. The molecule has 0 amide bonds. The average molecular weight is 377 g/mol. The zero-order valence-electron chi connectivity index (χ0n) is 16.7. The third-order valence-corrected chi connectivity index (χ3v) is 5.35. The van der Waals surface area contributed by atoms with Crippen molar-refractivity contribution in [3.05, 3.63) is 90.6 Å². The molecule has 29 heavy (non-hydrogen) atoms. The summed E-state index contributed by atoms with van der Waals surface area (Å²) in [5, 5.41) is 2.27. The highest BCUT2D eigenvalue weighted by Crippen LogP contribution is 2.37. The second-order valence-corrected chi connectivity index (χ2v) is 8.01. The van der Waals surface area contributed by atoms with E-state index < -0.39 is 0 Å². The number of para-hydroxylation sites is 1. The molecule has 0 bridgehead atoms. The van der Waals surface area contributed by atoms with Crippen molar-refractivity contribution in [3.8, 4) is 22.4 Å². The van der Waals surface area contributed by atoms with Crippen molar-refractivity contribution in [2.75, 3.05) is 0 Å². The molecule has 0 radical (unpaired) electrons. The lowest BCUT2D eigenvalue weighted by Gasteiger charge is -2.07. The van der Waals surface area contributed by atoms with Gasteiger partial charge >= 0.3 is 0 Å². The minimum Gasteiger partial charge on any atom is -0.455 e. The third kappa shape index (κ3) is 3.31. The largest absolute Gasteiger partial charge is 0.455 e. The maximum absolute atomic E-state index is 6.28. The Morgan fingerprint density at radius 2 is 1.66 bits per heavy atom. The van der Waals surface area contributed by atoms with Gasteiger partial charge in [-0.2, -0.15) is 0 Å². The highest BCUT2D eigenvalue weighted by atomic mass is 16.3. The van der Waals surface area contributed by atoms with E-state index in [1.54, 1.807) is 0 Å². The Morgan fingerprint density at radius 1 is 0.793 bits per heavy atom. The van der Waals surface area contributed by atoms with E-state index in [4.69, 9.17) is 4.42 Å². The summed E-state index contributed by atoms with van der Waals surface area (Å²) in [6.07, 6.45) is 2.98. The average Bonchev–Trinajstić information content (AvgIpc) is 3.12. The van der Waals surface area contributed by atoms with Crippen LogP contribution >= 0.6 is 0 Å². The van der Waals surface area contributed by atoms with E-state index in [0.717, 1.165) is 45.2 Å². The Balaban J connectivity index is 1.65. The summed E-state index contributed by atoms with van der Waals surface area (Å²) < 4.78 is 6.28. The first kappa shape index (κ1) is 17.7. The molecule has 0 atom stereocenters. The Morgan fingerprint density at radius 3 is 2.48 bits per heavy atom. The Bertz CT molecular complexity index is 1300. The predicted molar refractivity (Wildman–Crippen MR) is 121 cm³/mol. The van der Waals surface area contributed by atoms with Crippen LogP contribution < -0.4 is 0 Å². The van der Waals surface area contributed by atoms with Gasteiger partial charge in [-0.15, -0.1) is 0 Å². The molecule has 0 aliphatic heterocycles. The first-order valence-corrected chi connectivity index (χ1v) is 10.1. The molecule has 0 fully saturated rings. The van der Waals surface area contributed by atoms with Crippen molar-refractivity contribution < 1.29 is 4.42 Å². The van der Waals surface area contributed by atoms with Crippen molar-refractivity contribution in [3.63, 3.8) is 0 Å². The van der Waals surface area contributed by atoms with Crippen LogP contribution in [0.25, 0.3) is 44.3 Å². The van der Waals surface area contributed by atoms with E-state index in [0.29, 0.717) is 5.92 Å². The van der Waals surface area contributed by atoms with Gasteiger partial charge in [-0.1, -0.05) is 62.4 Å². The topological polar surface area (TPSA) is 26.0 Å². The molecule has 2 aromatic heterocycles. The van der Waals surface area contributed by atoms with Gasteiger partial charge in [0.15, 0.2) is 0 Å². The maximum atomic E-state index is 6.28. The van der Waals surface area contributed by atoms with Crippen LogP contribution in [0, 0.1) is 5.92 Å². The first-order chi connectivity index (χ1) is 14.2. The maximum Gasteiger partial charge on any atom is 0.143 e. The summed E-state index contributed by atoms with van der Waals surface area (Å²) in [6, 6.07) is 27.5. The number of aromatic nitrogens is 1. The monoisotopic (exact) mass is 377 g/mol. The lowest BCUT2D eigenvalue weighted by molar-refractivity contribution is 0.647. The van der Waals surface area contributed by atoms with Crippen molar-refractivity contribution >= 4 is 21.9 Å². The second-order valence-electron chi connectivity index (χ2n) is 8.01. The fourth-order valence-electron chi connectivity index (χ4n) is 4.03. The van der Waals surface area contributed by atoms with Crippen LogP contribution in [0.5, 0.6) is 0 Å². The molecular weight excluding hydrogens is 354 g/mol. The molecule has 0 saturated heterocycles.